The highest BCUT2D eigenvalue weighted by Crippen LogP contribution is 2.35. The van der Waals surface area contributed by atoms with E-state index in [-0.39, 0.29) is 0 Å². The number of amides is 1. The molecule has 89 valence electrons. The number of rotatable bonds is 0. The van der Waals surface area contributed by atoms with Crippen LogP contribution in [0.2, 0.25) is 0 Å². The van der Waals surface area contributed by atoms with Crippen molar-refractivity contribution in [3.63, 3.8) is 0 Å². The summed E-state index contributed by atoms with van der Waals surface area (Å²) in [6.45, 7) is 0. The Morgan fingerprint density at radius 3 is 3.00 bits per heavy atom. The molecule has 7 heteroatoms. The molecule has 2 aliphatic heterocycles. The minimum absolute atomic E-state index is 0.554. The van der Waals surface area contributed by atoms with Crippen LogP contribution in [0.5, 0.6) is 0 Å². The van der Waals surface area contributed by atoms with Gasteiger partial charge >= 0.3 is 6.09 Å². The summed E-state index contributed by atoms with van der Waals surface area (Å²) < 4.78 is 0. The third kappa shape index (κ3) is 1.58. The van der Waals surface area contributed by atoms with Gasteiger partial charge in [0.05, 0.1) is 6.20 Å². The van der Waals surface area contributed by atoms with Crippen molar-refractivity contribution in [1.29, 1.82) is 0 Å². The predicted molar refractivity (Wildman–Crippen MR) is 63.4 cm³/mol. The van der Waals surface area contributed by atoms with Crippen molar-refractivity contribution in [2.24, 2.45) is 4.99 Å². The van der Waals surface area contributed by atoms with Crippen LogP contribution >= 0.6 is 12.6 Å². The van der Waals surface area contributed by atoms with Crippen molar-refractivity contribution in [2.45, 2.75) is 25.7 Å². The molecule has 2 N–H and O–H groups in total. The minimum atomic E-state index is -1.08. The van der Waals surface area contributed by atoms with Gasteiger partial charge in [-0.3, -0.25) is 0 Å². The van der Waals surface area contributed by atoms with Gasteiger partial charge in [0.15, 0.2) is 5.82 Å². The topological polar surface area (TPSA) is 68.2 Å². The Bertz CT molecular complexity index is 483. The zero-order valence-electron chi connectivity index (χ0n) is 9.01. The predicted octanol–water partition coefficient (Wildman–Crippen LogP) is 1.94. The molecule has 3 aliphatic rings. The van der Waals surface area contributed by atoms with Crippen LogP contribution in [0.25, 0.3) is 0 Å². The Kier molecular flexibility index (Phi) is 2.30. The van der Waals surface area contributed by atoms with Crippen molar-refractivity contribution < 1.29 is 9.90 Å². The second kappa shape index (κ2) is 3.71. The largest absolute Gasteiger partial charge is 0.464 e. The van der Waals surface area contributed by atoms with Gasteiger partial charge < -0.3 is 5.11 Å². The molecule has 0 saturated heterocycles. The summed E-state index contributed by atoms with van der Waals surface area (Å²) in [5.41, 5.74) is 4.76. The molecule has 1 radical (unpaired) electrons. The first-order valence-corrected chi connectivity index (χ1v) is 5.86. The average Bonchev–Trinajstić information content (AvgIpc) is 2.74. The maximum Gasteiger partial charge on any atom is 0.427 e. The van der Waals surface area contributed by atoms with Crippen LogP contribution in [-0.4, -0.2) is 26.9 Å². The highest BCUT2D eigenvalue weighted by molar-refractivity contribution is 7.84. The first-order chi connectivity index (χ1) is 8.16. The van der Waals surface area contributed by atoms with Crippen LogP contribution in [0.1, 0.15) is 25.7 Å². The summed E-state index contributed by atoms with van der Waals surface area (Å²) in [5.74, 6) is 0.554. The van der Waals surface area contributed by atoms with E-state index in [1.165, 1.54) is 6.20 Å². The second-order valence-electron chi connectivity index (χ2n) is 4.12. The van der Waals surface area contributed by atoms with Gasteiger partial charge in [-0.1, -0.05) is 12.6 Å². The third-order valence-corrected chi connectivity index (χ3v) is 3.47. The van der Waals surface area contributed by atoms with Crippen molar-refractivity contribution >= 4 is 24.4 Å². The van der Waals surface area contributed by atoms with Gasteiger partial charge in [0.1, 0.15) is 5.03 Å². The van der Waals surface area contributed by atoms with E-state index >= 15 is 0 Å². The SMILES string of the molecule is O=C(O)N1C=C2N=C3CCCCC3=C([S])N2N1. The molecule has 0 spiro atoms. The summed E-state index contributed by atoms with van der Waals surface area (Å²) in [5, 5.41) is 12.1. The van der Waals surface area contributed by atoms with Gasteiger partial charge in [-0.25, -0.2) is 14.8 Å². The second-order valence-corrected chi connectivity index (χ2v) is 4.51. The van der Waals surface area contributed by atoms with Crippen LogP contribution in [0.3, 0.4) is 0 Å². The molecule has 0 unspecified atom stereocenters. The monoisotopic (exact) mass is 251 g/mol. The van der Waals surface area contributed by atoms with Crippen LogP contribution in [0, 0.1) is 0 Å². The number of nitrogens with zero attached hydrogens (tertiary/aromatic N) is 3. The van der Waals surface area contributed by atoms with Crippen LogP contribution in [0.15, 0.2) is 27.6 Å². The van der Waals surface area contributed by atoms with E-state index < -0.39 is 6.09 Å². The number of aliphatic imine (C=N–C) groups is 1. The van der Waals surface area contributed by atoms with E-state index in [0.29, 0.717) is 10.9 Å². The number of hydrogen-bond donors (Lipinski definition) is 2. The molecule has 0 aromatic rings. The lowest BCUT2D eigenvalue weighted by Crippen LogP contribution is -2.43. The number of allylic oxidation sites excluding steroid dienone is 1. The van der Waals surface area contributed by atoms with Crippen LogP contribution in [-0.2, 0) is 0 Å². The molecular formula is C10H11N4O2S. The van der Waals surface area contributed by atoms with E-state index in [1.54, 1.807) is 5.01 Å². The van der Waals surface area contributed by atoms with E-state index in [9.17, 15) is 4.79 Å². The standard InChI is InChI=1S/C10H11N4O2S/c15-10(16)13-5-8-11-7-4-2-1-3-6(7)9(17)14(8)12-13/h5,12H,1-4H2,(H,15,16). The first-order valence-electron chi connectivity index (χ1n) is 5.45. The molecule has 1 fully saturated rings. The van der Waals surface area contributed by atoms with Crippen molar-refractivity contribution in [3.05, 3.63) is 22.6 Å². The number of nitrogens with one attached hydrogen (secondary N) is 1. The van der Waals surface area contributed by atoms with Crippen molar-refractivity contribution in [1.82, 2.24) is 15.6 Å². The number of fused-ring (bicyclic) bond motifs is 2. The maximum atomic E-state index is 10.9. The molecular weight excluding hydrogens is 240 g/mol. The lowest BCUT2D eigenvalue weighted by molar-refractivity contribution is 0.119. The maximum absolute atomic E-state index is 10.9. The molecule has 0 atom stereocenters. The first kappa shape index (κ1) is 10.5. The van der Waals surface area contributed by atoms with E-state index in [2.05, 4.69) is 10.5 Å². The molecule has 1 saturated carbocycles. The Morgan fingerprint density at radius 2 is 2.24 bits per heavy atom. The highest BCUT2D eigenvalue weighted by atomic mass is 32.1. The summed E-state index contributed by atoms with van der Waals surface area (Å²) in [6, 6.07) is 0. The van der Waals surface area contributed by atoms with Gasteiger partial charge in [0.25, 0.3) is 0 Å². The van der Waals surface area contributed by atoms with Crippen LogP contribution < -0.4 is 5.53 Å². The fourth-order valence-corrected chi connectivity index (χ4v) is 2.56. The van der Waals surface area contributed by atoms with E-state index in [1.807, 2.05) is 0 Å². The Labute approximate surface area is 104 Å². The van der Waals surface area contributed by atoms with Gasteiger partial charge in [-0.2, -0.15) is 5.01 Å². The van der Waals surface area contributed by atoms with Crippen LogP contribution in [0.4, 0.5) is 4.79 Å². The summed E-state index contributed by atoms with van der Waals surface area (Å²) in [4.78, 5) is 15.3. The minimum Gasteiger partial charge on any atom is -0.464 e. The quantitative estimate of drug-likeness (QED) is 0.690. The van der Waals surface area contributed by atoms with Gasteiger partial charge in [-0.05, 0) is 25.7 Å². The van der Waals surface area contributed by atoms with Crippen molar-refractivity contribution in [2.75, 3.05) is 0 Å². The smallest absolute Gasteiger partial charge is 0.427 e. The Morgan fingerprint density at radius 1 is 1.47 bits per heavy atom. The van der Waals surface area contributed by atoms with Crippen molar-refractivity contribution in [3.8, 4) is 0 Å². The molecule has 6 nitrogen and oxygen atoms in total. The fourth-order valence-electron chi connectivity index (χ4n) is 2.20. The zero-order chi connectivity index (χ0) is 12.0. The molecule has 0 aromatic carbocycles. The molecule has 2 heterocycles. The molecule has 17 heavy (non-hydrogen) atoms. The van der Waals surface area contributed by atoms with E-state index in [0.717, 1.165) is 42.0 Å². The molecule has 0 bridgehead atoms. The Hall–Kier alpha value is -1.60. The normalized spacial score (nSPS) is 23.1. The summed E-state index contributed by atoms with van der Waals surface area (Å²) in [6.07, 6.45) is 4.44. The third-order valence-electron chi connectivity index (χ3n) is 3.04. The molecule has 3 rings (SSSR count). The lowest BCUT2D eigenvalue weighted by Gasteiger charge is -2.29. The summed E-state index contributed by atoms with van der Waals surface area (Å²) in [7, 11) is 0. The van der Waals surface area contributed by atoms with Gasteiger partial charge in [-0.15, -0.1) is 5.53 Å². The zero-order valence-corrected chi connectivity index (χ0v) is 9.83. The number of carboxylic acid groups (broad SMARTS) is 1. The highest BCUT2D eigenvalue weighted by Gasteiger charge is 2.33. The van der Waals surface area contributed by atoms with Gasteiger partial charge in [0, 0.05) is 11.3 Å². The summed E-state index contributed by atoms with van der Waals surface area (Å²) >= 11 is 5.37. The molecule has 0 aromatic heterocycles. The Balaban J connectivity index is 1.99. The number of carbonyl (C=O) groups is 1. The van der Waals surface area contributed by atoms with E-state index in [4.69, 9.17) is 17.7 Å². The van der Waals surface area contributed by atoms with Gasteiger partial charge in [0.2, 0.25) is 0 Å². The lowest BCUT2D eigenvalue weighted by atomic mass is 9.92. The molecule has 1 aliphatic carbocycles. The number of hydrazine groups is 2. The molecule has 1 amide bonds. The fraction of sp³-hybridized carbons (Fsp3) is 0.400. The average molecular weight is 251 g/mol. The number of hydrogen-bond acceptors (Lipinski definition) is 4.